The summed E-state index contributed by atoms with van der Waals surface area (Å²) in [4.78, 5) is 25.8. The first-order chi connectivity index (χ1) is 12.7. The van der Waals surface area contributed by atoms with E-state index in [0.29, 0.717) is 30.4 Å². The highest BCUT2D eigenvalue weighted by atomic mass is 16.7. The van der Waals surface area contributed by atoms with Crippen LogP contribution in [-0.2, 0) is 28.5 Å². The smallest absolute Gasteiger partial charge is 0.334 e. The second-order valence-corrected chi connectivity index (χ2v) is 9.86. The molecule has 27 heavy (non-hydrogen) atoms. The molecule has 2 spiro atoms. The van der Waals surface area contributed by atoms with Gasteiger partial charge in [0.25, 0.3) is 0 Å². The molecule has 1 N–H and O–H groups in total. The number of Topliss-reactive ketones (excluding diaryl/α,β-unsaturated/α-hetero) is 1. The third-order valence-corrected chi connectivity index (χ3v) is 8.99. The molecule has 7 nitrogen and oxygen atoms in total. The first-order valence-corrected chi connectivity index (χ1v) is 9.91. The van der Waals surface area contributed by atoms with Crippen molar-refractivity contribution in [2.45, 2.75) is 80.7 Å². The molecule has 7 heteroatoms. The van der Waals surface area contributed by atoms with Gasteiger partial charge in [0.05, 0.1) is 0 Å². The highest BCUT2D eigenvalue weighted by Gasteiger charge is 3.02. The average Bonchev–Trinajstić information content (AvgIpc) is 3.49. The van der Waals surface area contributed by atoms with E-state index in [9.17, 15) is 14.7 Å². The largest absolute Gasteiger partial charge is 0.458 e. The van der Waals surface area contributed by atoms with Crippen LogP contribution in [0.5, 0.6) is 0 Å². The normalized spacial score (nSPS) is 61.3. The van der Waals surface area contributed by atoms with Crippen LogP contribution in [0.4, 0.5) is 0 Å². The molecule has 7 aliphatic rings. The van der Waals surface area contributed by atoms with Gasteiger partial charge in [-0.25, -0.2) is 4.79 Å². The van der Waals surface area contributed by atoms with Crippen LogP contribution in [0.3, 0.4) is 0 Å². The quantitative estimate of drug-likeness (QED) is 0.524. The maximum absolute atomic E-state index is 13.7. The Morgan fingerprint density at radius 2 is 1.93 bits per heavy atom. The van der Waals surface area contributed by atoms with Gasteiger partial charge >= 0.3 is 5.97 Å². The number of carbonyl (C=O) groups is 2. The monoisotopic (exact) mass is 374 g/mol. The van der Waals surface area contributed by atoms with Crippen LogP contribution in [0, 0.1) is 11.3 Å². The molecule has 0 aromatic heterocycles. The van der Waals surface area contributed by atoms with E-state index in [-0.39, 0.29) is 36.5 Å². The van der Waals surface area contributed by atoms with Crippen molar-refractivity contribution in [3.8, 4) is 0 Å². The third kappa shape index (κ3) is 1.16. The van der Waals surface area contributed by atoms with Gasteiger partial charge in [0.15, 0.2) is 11.2 Å². The molecule has 0 bridgehead atoms. The molecule has 8 unspecified atom stereocenters. The lowest BCUT2D eigenvalue weighted by molar-refractivity contribution is -0.157. The molecule has 5 fully saturated rings. The lowest BCUT2D eigenvalue weighted by Crippen LogP contribution is -2.73. The number of cyclic esters (lactones) is 1. The zero-order valence-corrected chi connectivity index (χ0v) is 15.5. The van der Waals surface area contributed by atoms with Crippen LogP contribution in [0.1, 0.15) is 40.0 Å². The van der Waals surface area contributed by atoms with E-state index >= 15 is 0 Å². The molecule has 4 heterocycles. The first-order valence-electron chi connectivity index (χ1n) is 9.91. The zero-order chi connectivity index (χ0) is 18.8. The first kappa shape index (κ1) is 15.6. The van der Waals surface area contributed by atoms with E-state index < -0.39 is 33.9 Å². The number of ketones is 1. The van der Waals surface area contributed by atoms with Crippen LogP contribution >= 0.6 is 0 Å². The Kier molecular flexibility index (Phi) is 2.18. The summed E-state index contributed by atoms with van der Waals surface area (Å²) in [6.45, 7) is 6.12. The lowest BCUT2D eigenvalue weighted by Gasteiger charge is -2.56. The summed E-state index contributed by atoms with van der Waals surface area (Å²) in [6, 6.07) is 0. The Morgan fingerprint density at radius 3 is 2.67 bits per heavy atom. The number of hydrogen-bond donors (Lipinski definition) is 1. The van der Waals surface area contributed by atoms with Crippen LogP contribution in [-0.4, -0.2) is 64.2 Å². The second kappa shape index (κ2) is 3.77. The fourth-order valence-corrected chi connectivity index (χ4v) is 7.41. The molecule has 144 valence electrons. The molecular weight excluding hydrogens is 352 g/mol. The van der Waals surface area contributed by atoms with Crippen LogP contribution in [0.25, 0.3) is 0 Å². The highest BCUT2D eigenvalue weighted by Crippen LogP contribution is 2.82. The minimum atomic E-state index is -1.26. The highest BCUT2D eigenvalue weighted by molar-refractivity contribution is 6.05. The fraction of sp³-hybridized carbons (Fsp3) is 0.800. The molecule has 2 saturated carbocycles. The average molecular weight is 374 g/mol. The number of hydrogen-bond acceptors (Lipinski definition) is 7. The standard InChI is InChI=1S/C20H22O7/c1-8(2)18-12(26-18)13-20(27-13)16(3)5-4-9-10(7-24-14(9)21)17(16,23)6-11-19(20,25-11)15(18)22/h8,11-13,23H,4-7H2,1-3H3. The number of aliphatic hydroxyl groups is 1. The molecule has 3 aliphatic carbocycles. The minimum absolute atomic E-state index is 0.00412. The van der Waals surface area contributed by atoms with E-state index in [0.717, 1.165) is 0 Å². The van der Waals surface area contributed by atoms with Crippen molar-refractivity contribution in [2.75, 3.05) is 6.61 Å². The van der Waals surface area contributed by atoms with Gasteiger partial charge < -0.3 is 24.1 Å². The lowest BCUT2D eigenvalue weighted by atomic mass is 9.45. The molecule has 0 aromatic carbocycles. The van der Waals surface area contributed by atoms with Crippen molar-refractivity contribution in [3.63, 3.8) is 0 Å². The molecule has 3 saturated heterocycles. The molecule has 4 aliphatic heterocycles. The Bertz CT molecular complexity index is 908. The van der Waals surface area contributed by atoms with Gasteiger partial charge in [0, 0.05) is 23.0 Å². The number of esters is 1. The molecule has 8 atom stereocenters. The molecule has 0 radical (unpaired) electrons. The number of epoxide rings is 3. The van der Waals surface area contributed by atoms with Crippen molar-refractivity contribution in [1.82, 2.24) is 0 Å². The molecular formula is C20H22O7. The Morgan fingerprint density at radius 1 is 1.15 bits per heavy atom. The van der Waals surface area contributed by atoms with Crippen molar-refractivity contribution >= 4 is 11.8 Å². The van der Waals surface area contributed by atoms with Gasteiger partial charge in [0.2, 0.25) is 5.78 Å². The summed E-state index contributed by atoms with van der Waals surface area (Å²) >= 11 is 0. The Balaban J connectivity index is 1.43. The van der Waals surface area contributed by atoms with Crippen molar-refractivity contribution < 1.29 is 33.6 Å². The maximum atomic E-state index is 13.7. The van der Waals surface area contributed by atoms with Gasteiger partial charge in [-0.1, -0.05) is 20.8 Å². The fourth-order valence-electron chi connectivity index (χ4n) is 7.41. The van der Waals surface area contributed by atoms with Gasteiger partial charge in [-0.3, -0.25) is 4.79 Å². The Labute approximate surface area is 156 Å². The van der Waals surface area contributed by atoms with Crippen LogP contribution in [0.15, 0.2) is 11.1 Å². The SMILES string of the molecule is CC(C)C12OC1C1OC13C1(OC1CC1(O)C4=C(CCC13C)C(=O)OC4)C2=O. The van der Waals surface area contributed by atoms with E-state index in [1.807, 2.05) is 20.8 Å². The predicted molar refractivity (Wildman–Crippen MR) is 87.5 cm³/mol. The van der Waals surface area contributed by atoms with Crippen molar-refractivity contribution in [1.29, 1.82) is 0 Å². The van der Waals surface area contributed by atoms with Crippen LogP contribution < -0.4 is 0 Å². The summed E-state index contributed by atoms with van der Waals surface area (Å²) in [6.07, 6.45) is 0.454. The minimum Gasteiger partial charge on any atom is -0.458 e. The molecule has 7 rings (SSSR count). The van der Waals surface area contributed by atoms with E-state index in [1.54, 1.807) is 0 Å². The molecule has 0 amide bonds. The maximum Gasteiger partial charge on any atom is 0.334 e. The van der Waals surface area contributed by atoms with E-state index in [2.05, 4.69) is 0 Å². The Hall–Kier alpha value is -1.28. The van der Waals surface area contributed by atoms with Gasteiger partial charge in [-0.2, -0.15) is 0 Å². The zero-order valence-electron chi connectivity index (χ0n) is 15.5. The third-order valence-electron chi connectivity index (χ3n) is 8.99. The molecule has 0 aromatic rings. The van der Waals surface area contributed by atoms with Crippen molar-refractivity contribution in [3.05, 3.63) is 11.1 Å². The summed E-state index contributed by atoms with van der Waals surface area (Å²) in [5.41, 5.74) is -3.43. The van der Waals surface area contributed by atoms with Gasteiger partial charge in [0.1, 0.15) is 36.1 Å². The number of ether oxygens (including phenoxy) is 4. The number of fused-ring (bicyclic) bond motifs is 4. The van der Waals surface area contributed by atoms with E-state index in [1.165, 1.54) is 0 Å². The summed E-state index contributed by atoms with van der Waals surface area (Å²) in [7, 11) is 0. The van der Waals surface area contributed by atoms with Gasteiger partial charge in [-0.15, -0.1) is 0 Å². The number of carbonyl (C=O) groups excluding carboxylic acids is 2. The second-order valence-electron chi connectivity index (χ2n) is 9.86. The summed E-state index contributed by atoms with van der Waals surface area (Å²) in [5.74, 6) is -0.286. The van der Waals surface area contributed by atoms with Gasteiger partial charge in [-0.05, 0) is 18.8 Å². The summed E-state index contributed by atoms with van der Waals surface area (Å²) in [5, 5.41) is 11.9. The number of rotatable bonds is 1. The topological polar surface area (TPSA) is 101 Å². The van der Waals surface area contributed by atoms with Crippen molar-refractivity contribution in [2.24, 2.45) is 11.3 Å². The van der Waals surface area contributed by atoms with E-state index in [4.69, 9.17) is 18.9 Å². The van der Waals surface area contributed by atoms with Crippen LogP contribution in [0.2, 0.25) is 0 Å². The summed E-state index contributed by atoms with van der Waals surface area (Å²) < 4.78 is 23.7. The predicted octanol–water partition coefficient (Wildman–Crippen LogP) is 0.426.